The Bertz CT molecular complexity index is 1030. The van der Waals surface area contributed by atoms with Crippen LogP contribution in [0.25, 0.3) is 0 Å². The summed E-state index contributed by atoms with van der Waals surface area (Å²) in [5.41, 5.74) is 4.73. The summed E-state index contributed by atoms with van der Waals surface area (Å²) < 4.78 is 21.3. The Morgan fingerprint density at radius 2 is 1.44 bits per heavy atom. The molecular formula is C29H36FOP. The second kappa shape index (κ2) is 10.2. The first kappa shape index (κ1) is 24.5. The van der Waals surface area contributed by atoms with Gasteiger partial charge in [-0.05, 0) is 36.8 Å². The standard InChI is InChI=1S/C29H36FOP/c1-7-29(8-2,32-26-17-13-12-16-25(26)30)24-19-21(3)18-23(28(4,5)6)27(24)31-20-22-14-10-9-11-15-22/h9-19,32H,7-8,20H2,1-6H3. The first-order valence-electron chi connectivity index (χ1n) is 11.5. The highest BCUT2D eigenvalue weighted by molar-refractivity contribution is 7.48. The predicted octanol–water partition coefficient (Wildman–Crippen LogP) is 8.03. The molecule has 0 spiro atoms. The van der Waals surface area contributed by atoms with E-state index in [0.29, 0.717) is 15.2 Å². The van der Waals surface area contributed by atoms with Gasteiger partial charge in [0.1, 0.15) is 18.2 Å². The zero-order chi connectivity index (χ0) is 23.4. The Morgan fingerprint density at radius 1 is 0.844 bits per heavy atom. The molecule has 0 aromatic heterocycles. The average Bonchev–Trinajstić information content (AvgIpc) is 2.77. The minimum atomic E-state index is -0.180. The molecule has 3 heteroatoms. The molecule has 0 aliphatic heterocycles. The average molecular weight is 451 g/mol. The molecule has 3 aromatic rings. The highest BCUT2D eigenvalue weighted by atomic mass is 31.1. The molecule has 0 saturated carbocycles. The number of aryl methyl sites for hydroxylation is 1. The predicted molar refractivity (Wildman–Crippen MR) is 137 cm³/mol. The molecule has 3 rings (SSSR count). The molecule has 32 heavy (non-hydrogen) atoms. The Morgan fingerprint density at radius 3 is 2.03 bits per heavy atom. The lowest BCUT2D eigenvalue weighted by Crippen LogP contribution is -2.26. The first-order chi connectivity index (χ1) is 15.2. The van der Waals surface area contributed by atoms with Crippen LogP contribution in [0.1, 0.15) is 69.7 Å². The van der Waals surface area contributed by atoms with E-state index in [1.54, 1.807) is 12.1 Å². The molecule has 0 amide bonds. The molecule has 0 saturated heterocycles. The van der Waals surface area contributed by atoms with Gasteiger partial charge in [-0.2, -0.15) is 0 Å². The molecule has 0 fully saturated rings. The van der Waals surface area contributed by atoms with Crippen LogP contribution in [0.4, 0.5) is 4.39 Å². The van der Waals surface area contributed by atoms with Gasteiger partial charge in [0.05, 0.1) is 0 Å². The van der Waals surface area contributed by atoms with E-state index in [2.05, 4.69) is 65.8 Å². The highest BCUT2D eigenvalue weighted by Crippen LogP contribution is 2.52. The molecule has 0 N–H and O–H groups in total. The summed E-state index contributed by atoms with van der Waals surface area (Å²) in [6, 6.07) is 22.0. The zero-order valence-corrected chi connectivity index (χ0v) is 21.3. The van der Waals surface area contributed by atoms with Crippen LogP contribution in [-0.4, -0.2) is 0 Å². The van der Waals surface area contributed by atoms with Gasteiger partial charge >= 0.3 is 0 Å². The van der Waals surface area contributed by atoms with Crippen molar-refractivity contribution in [3.8, 4) is 5.75 Å². The van der Waals surface area contributed by atoms with Gasteiger partial charge in [-0.1, -0.05) is 109 Å². The summed E-state index contributed by atoms with van der Waals surface area (Å²) in [5.74, 6) is 0.854. The Hall–Kier alpha value is -2.18. The maximum atomic E-state index is 14.7. The quantitative estimate of drug-likeness (QED) is 0.316. The van der Waals surface area contributed by atoms with Gasteiger partial charge in [-0.3, -0.25) is 0 Å². The van der Waals surface area contributed by atoms with Crippen LogP contribution in [0.3, 0.4) is 0 Å². The summed E-state index contributed by atoms with van der Waals surface area (Å²) in [6.07, 6.45) is 1.84. The number of hydrogen-bond acceptors (Lipinski definition) is 1. The molecule has 0 aliphatic carbocycles. The highest BCUT2D eigenvalue weighted by Gasteiger charge is 2.35. The molecule has 170 valence electrons. The van der Waals surface area contributed by atoms with E-state index in [1.165, 1.54) is 16.7 Å². The van der Waals surface area contributed by atoms with Crippen molar-refractivity contribution in [1.29, 1.82) is 0 Å². The molecule has 1 atom stereocenters. The van der Waals surface area contributed by atoms with Crippen molar-refractivity contribution in [2.45, 2.75) is 71.6 Å². The van der Waals surface area contributed by atoms with Crippen molar-refractivity contribution >= 4 is 13.9 Å². The first-order valence-corrected chi connectivity index (χ1v) is 12.5. The number of halogens is 1. The maximum absolute atomic E-state index is 14.7. The fraction of sp³-hybridized carbons (Fsp3) is 0.379. The minimum absolute atomic E-state index is 0.0683. The van der Waals surface area contributed by atoms with Gasteiger partial charge in [-0.15, -0.1) is 0 Å². The SMILES string of the molecule is CCC(CC)(Pc1ccccc1F)c1cc(C)cc(C(C)(C)C)c1OCc1ccccc1. The van der Waals surface area contributed by atoms with Crippen LogP contribution >= 0.6 is 8.58 Å². The van der Waals surface area contributed by atoms with E-state index in [-0.39, 0.29) is 16.4 Å². The van der Waals surface area contributed by atoms with Gasteiger partial charge < -0.3 is 4.74 Å². The fourth-order valence-corrected chi connectivity index (χ4v) is 5.84. The van der Waals surface area contributed by atoms with Crippen molar-refractivity contribution in [2.75, 3.05) is 0 Å². The summed E-state index contributed by atoms with van der Waals surface area (Å²) in [7, 11) is 0.331. The van der Waals surface area contributed by atoms with Gasteiger partial charge in [-0.25, -0.2) is 4.39 Å². The summed E-state index contributed by atoms with van der Waals surface area (Å²) in [6.45, 7) is 13.8. The Labute approximate surface area is 195 Å². The van der Waals surface area contributed by atoms with E-state index in [0.717, 1.165) is 29.5 Å². The van der Waals surface area contributed by atoms with Crippen LogP contribution in [-0.2, 0) is 17.2 Å². The molecule has 0 aliphatic rings. The molecule has 1 nitrogen and oxygen atoms in total. The van der Waals surface area contributed by atoms with Crippen LogP contribution in [0, 0.1) is 12.7 Å². The fourth-order valence-electron chi connectivity index (χ4n) is 4.27. The molecule has 0 bridgehead atoms. The van der Waals surface area contributed by atoms with Crippen molar-refractivity contribution in [3.63, 3.8) is 0 Å². The zero-order valence-electron chi connectivity index (χ0n) is 20.3. The normalized spacial score (nSPS) is 12.5. The Kier molecular flexibility index (Phi) is 7.78. The topological polar surface area (TPSA) is 9.23 Å². The Balaban J connectivity index is 2.16. The summed E-state index contributed by atoms with van der Waals surface area (Å²) >= 11 is 0. The third kappa shape index (κ3) is 5.41. The van der Waals surface area contributed by atoms with Gasteiger partial charge in [0.25, 0.3) is 0 Å². The van der Waals surface area contributed by atoms with E-state index in [9.17, 15) is 4.39 Å². The van der Waals surface area contributed by atoms with Gasteiger partial charge in [0, 0.05) is 21.6 Å². The second-order valence-electron chi connectivity index (χ2n) is 9.61. The lowest BCUT2D eigenvalue weighted by Gasteiger charge is -2.37. The van der Waals surface area contributed by atoms with Crippen LogP contribution in [0.2, 0.25) is 0 Å². The van der Waals surface area contributed by atoms with Crippen molar-refractivity contribution < 1.29 is 9.13 Å². The molecular weight excluding hydrogens is 414 g/mol. The van der Waals surface area contributed by atoms with Gasteiger partial charge in [0.15, 0.2) is 0 Å². The van der Waals surface area contributed by atoms with E-state index in [4.69, 9.17) is 4.74 Å². The lowest BCUT2D eigenvalue weighted by atomic mass is 9.80. The summed E-state index contributed by atoms with van der Waals surface area (Å²) in [4.78, 5) is 0. The molecule has 3 aromatic carbocycles. The van der Waals surface area contributed by atoms with Crippen LogP contribution in [0.5, 0.6) is 5.75 Å². The van der Waals surface area contributed by atoms with Crippen LogP contribution < -0.4 is 10.0 Å². The third-order valence-corrected chi connectivity index (χ3v) is 8.37. The number of rotatable bonds is 8. The second-order valence-corrected chi connectivity index (χ2v) is 11.4. The van der Waals surface area contributed by atoms with Crippen LogP contribution in [0.15, 0.2) is 66.7 Å². The number of hydrogen-bond donors (Lipinski definition) is 0. The molecule has 1 unspecified atom stereocenters. The van der Waals surface area contributed by atoms with Crippen molar-refractivity contribution in [2.24, 2.45) is 0 Å². The van der Waals surface area contributed by atoms with Gasteiger partial charge in [0.2, 0.25) is 0 Å². The smallest absolute Gasteiger partial charge is 0.130 e. The number of benzene rings is 3. The van der Waals surface area contributed by atoms with E-state index >= 15 is 0 Å². The minimum Gasteiger partial charge on any atom is -0.488 e. The number of ether oxygens (including phenoxy) is 1. The largest absolute Gasteiger partial charge is 0.488 e. The molecule has 0 radical (unpaired) electrons. The third-order valence-electron chi connectivity index (χ3n) is 6.24. The maximum Gasteiger partial charge on any atom is 0.130 e. The lowest BCUT2D eigenvalue weighted by molar-refractivity contribution is 0.289. The van der Waals surface area contributed by atoms with Crippen molar-refractivity contribution in [1.82, 2.24) is 0 Å². The van der Waals surface area contributed by atoms with Crippen molar-refractivity contribution in [3.05, 3.63) is 94.8 Å². The molecule has 0 heterocycles. The monoisotopic (exact) mass is 450 g/mol. The summed E-state index contributed by atoms with van der Waals surface area (Å²) in [5, 5.41) is 0.615. The van der Waals surface area contributed by atoms with E-state index < -0.39 is 0 Å². The van der Waals surface area contributed by atoms with E-state index in [1.807, 2.05) is 30.3 Å².